The van der Waals surface area contributed by atoms with E-state index in [1.54, 1.807) is 19.1 Å². The van der Waals surface area contributed by atoms with Crippen molar-refractivity contribution in [2.75, 3.05) is 18.9 Å². The fraction of sp³-hybridized carbons (Fsp3) is 0.500. The third-order valence-electron chi connectivity index (χ3n) is 2.49. The van der Waals surface area contributed by atoms with Crippen molar-refractivity contribution >= 4 is 27.5 Å². The Morgan fingerprint density at radius 1 is 1.47 bits per heavy atom. The zero-order valence-electron chi connectivity index (χ0n) is 11.1. The monoisotopic (exact) mass is 304 g/mol. The van der Waals surface area contributed by atoms with Gasteiger partial charge in [0, 0.05) is 29.0 Å². The number of nitrogens with one attached hydrogen (secondary N) is 1. The molecule has 0 bridgehead atoms. The fourth-order valence-electron chi connectivity index (χ4n) is 1.51. The van der Waals surface area contributed by atoms with Crippen LogP contribution in [-0.4, -0.2) is 31.9 Å². The minimum atomic E-state index is -3.47. The largest absolute Gasteiger partial charge is 0.398 e. The molecule has 0 heterocycles. The van der Waals surface area contributed by atoms with Gasteiger partial charge in [0.1, 0.15) is 0 Å². The molecule has 0 aliphatic rings. The minimum absolute atomic E-state index is 0.101. The summed E-state index contributed by atoms with van der Waals surface area (Å²) < 4.78 is 26.3. The lowest BCUT2D eigenvalue weighted by molar-refractivity contribution is 0.289. The van der Waals surface area contributed by atoms with E-state index in [9.17, 15) is 8.42 Å². The molecule has 1 aromatic rings. The molecule has 1 rings (SSSR count). The van der Waals surface area contributed by atoms with Crippen LogP contribution in [0.4, 0.5) is 5.69 Å². The minimum Gasteiger partial charge on any atom is -0.398 e. The Balaban J connectivity index is 3.01. The molecule has 19 heavy (non-hydrogen) atoms. The molecular weight excluding hydrogens is 284 g/mol. The number of aliphatic hydroxyl groups is 1. The van der Waals surface area contributed by atoms with Crippen LogP contribution in [0.25, 0.3) is 0 Å². The predicted octanol–water partition coefficient (Wildman–Crippen LogP) is 1.43. The second-order valence-corrected chi connectivity index (χ2v) is 7.39. The molecule has 1 unspecified atom stereocenters. The van der Waals surface area contributed by atoms with Gasteiger partial charge in [0.2, 0.25) is 10.0 Å². The highest BCUT2D eigenvalue weighted by molar-refractivity contribution is 8.00. The first kappa shape index (κ1) is 16.3. The summed E-state index contributed by atoms with van der Waals surface area (Å²) in [6, 6.07) is 4.66. The molecule has 0 aliphatic heterocycles. The Labute approximate surface area is 118 Å². The van der Waals surface area contributed by atoms with E-state index in [4.69, 9.17) is 10.8 Å². The average Bonchev–Trinajstić information content (AvgIpc) is 2.32. The topological polar surface area (TPSA) is 92.4 Å². The first-order valence-electron chi connectivity index (χ1n) is 6.07. The highest BCUT2D eigenvalue weighted by Crippen LogP contribution is 2.31. The van der Waals surface area contributed by atoms with Gasteiger partial charge in [-0.1, -0.05) is 13.8 Å². The van der Waals surface area contributed by atoms with E-state index in [0.29, 0.717) is 18.7 Å². The molecule has 0 aliphatic carbocycles. The van der Waals surface area contributed by atoms with Crippen molar-refractivity contribution < 1.29 is 13.5 Å². The molecule has 0 amide bonds. The average molecular weight is 304 g/mol. The summed E-state index contributed by atoms with van der Waals surface area (Å²) in [7, 11) is -3.47. The summed E-state index contributed by atoms with van der Waals surface area (Å²) in [4.78, 5) is 0.933. The number of benzene rings is 1. The lowest BCUT2D eigenvalue weighted by Crippen LogP contribution is -2.23. The number of hydrogen-bond donors (Lipinski definition) is 3. The lowest BCUT2D eigenvalue weighted by Gasteiger charge is -2.13. The van der Waals surface area contributed by atoms with Crippen molar-refractivity contribution in [1.82, 2.24) is 4.72 Å². The third kappa shape index (κ3) is 4.68. The van der Waals surface area contributed by atoms with Gasteiger partial charge in [0.05, 0.1) is 4.90 Å². The van der Waals surface area contributed by atoms with Crippen molar-refractivity contribution in [1.29, 1.82) is 0 Å². The Kier molecular flexibility index (Phi) is 6.12. The number of hydrogen-bond acceptors (Lipinski definition) is 5. The molecule has 5 nitrogen and oxygen atoms in total. The van der Waals surface area contributed by atoms with Crippen LogP contribution in [0.2, 0.25) is 0 Å². The summed E-state index contributed by atoms with van der Waals surface area (Å²) in [5, 5.41) is 9.06. The van der Waals surface area contributed by atoms with Gasteiger partial charge in [-0.2, -0.15) is 0 Å². The molecule has 0 fully saturated rings. The zero-order valence-corrected chi connectivity index (χ0v) is 12.7. The predicted molar refractivity (Wildman–Crippen MR) is 78.7 cm³/mol. The quantitative estimate of drug-likeness (QED) is 0.523. The second-order valence-electron chi connectivity index (χ2n) is 4.14. The van der Waals surface area contributed by atoms with Gasteiger partial charge in [-0.25, -0.2) is 13.1 Å². The maximum absolute atomic E-state index is 11.9. The summed E-state index contributed by atoms with van der Waals surface area (Å²) in [5.41, 5.74) is 6.40. The van der Waals surface area contributed by atoms with Crippen LogP contribution in [0.3, 0.4) is 0 Å². The first-order valence-corrected chi connectivity index (χ1v) is 8.43. The SMILES string of the molecule is CCNS(=O)(=O)c1ccc(N)c(SC(C)CCO)c1. The molecule has 108 valence electrons. The van der Waals surface area contributed by atoms with Crippen molar-refractivity contribution in [3.63, 3.8) is 0 Å². The number of nitrogen functional groups attached to an aromatic ring is 1. The summed E-state index contributed by atoms with van der Waals surface area (Å²) in [5.74, 6) is 0. The van der Waals surface area contributed by atoms with Gasteiger partial charge in [-0.15, -0.1) is 11.8 Å². The number of rotatable bonds is 7. The summed E-state index contributed by atoms with van der Waals surface area (Å²) >= 11 is 1.47. The molecule has 0 aromatic heterocycles. The third-order valence-corrected chi connectivity index (χ3v) is 5.28. The van der Waals surface area contributed by atoms with E-state index in [0.717, 1.165) is 4.90 Å². The van der Waals surface area contributed by atoms with Gasteiger partial charge in [-0.05, 0) is 24.6 Å². The zero-order chi connectivity index (χ0) is 14.5. The molecule has 0 spiro atoms. The molecule has 0 radical (unpaired) electrons. The highest BCUT2D eigenvalue weighted by Gasteiger charge is 2.15. The van der Waals surface area contributed by atoms with Crippen molar-refractivity contribution in [3.05, 3.63) is 18.2 Å². The van der Waals surface area contributed by atoms with Gasteiger partial charge in [-0.3, -0.25) is 0 Å². The van der Waals surface area contributed by atoms with Crippen LogP contribution in [0.1, 0.15) is 20.3 Å². The van der Waals surface area contributed by atoms with Crippen LogP contribution in [0.15, 0.2) is 28.0 Å². The summed E-state index contributed by atoms with van der Waals surface area (Å²) in [6.07, 6.45) is 0.633. The van der Waals surface area contributed by atoms with E-state index >= 15 is 0 Å². The van der Waals surface area contributed by atoms with E-state index in [1.165, 1.54) is 17.8 Å². The maximum Gasteiger partial charge on any atom is 0.240 e. The smallest absolute Gasteiger partial charge is 0.240 e. The number of aliphatic hydroxyl groups excluding tert-OH is 1. The van der Waals surface area contributed by atoms with Crippen molar-refractivity contribution in [2.24, 2.45) is 0 Å². The number of thioether (sulfide) groups is 1. The standard InChI is InChI=1S/C12H20N2O3S2/c1-3-14-19(16,17)10-4-5-11(13)12(8-10)18-9(2)6-7-15/h4-5,8-9,14-15H,3,6-7,13H2,1-2H3. The molecule has 0 saturated carbocycles. The molecule has 7 heteroatoms. The Bertz CT molecular complexity index is 518. The van der Waals surface area contributed by atoms with Gasteiger partial charge in [0.25, 0.3) is 0 Å². The number of sulfonamides is 1. The number of nitrogens with two attached hydrogens (primary N) is 1. The van der Waals surface area contributed by atoms with E-state index < -0.39 is 10.0 Å². The molecule has 4 N–H and O–H groups in total. The van der Waals surface area contributed by atoms with Crippen molar-refractivity contribution in [2.45, 2.75) is 35.3 Å². The Morgan fingerprint density at radius 2 is 2.16 bits per heavy atom. The van der Waals surface area contributed by atoms with Crippen LogP contribution in [0, 0.1) is 0 Å². The molecule has 1 atom stereocenters. The van der Waals surface area contributed by atoms with Crippen molar-refractivity contribution in [3.8, 4) is 0 Å². The lowest BCUT2D eigenvalue weighted by atomic mass is 10.3. The molecule has 1 aromatic carbocycles. The van der Waals surface area contributed by atoms with Crippen LogP contribution in [-0.2, 0) is 10.0 Å². The normalized spacial score (nSPS) is 13.4. The number of anilines is 1. The van der Waals surface area contributed by atoms with Crippen LogP contribution < -0.4 is 10.5 Å². The molecule has 0 saturated heterocycles. The fourth-order valence-corrected chi connectivity index (χ4v) is 3.71. The Morgan fingerprint density at radius 3 is 2.74 bits per heavy atom. The van der Waals surface area contributed by atoms with E-state index in [1.807, 2.05) is 6.92 Å². The first-order chi connectivity index (χ1) is 8.90. The second kappa shape index (κ2) is 7.14. The Hall–Kier alpha value is -0.760. The van der Waals surface area contributed by atoms with Crippen LogP contribution in [0.5, 0.6) is 0 Å². The maximum atomic E-state index is 11.9. The van der Waals surface area contributed by atoms with Crippen LogP contribution >= 0.6 is 11.8 Å². The van der Waals surface area contributed by atoms with Gasteiger partial charge < -0.3 is 10.8 Å². The van der Waals surface area contributed by atoms with Gasteiger partial charge in [0.15, 0.2) is 0 Å². The van der Waals surface area contributed by atoms with E-state index in [2.05, 4.69) is 4.72 Å². The molecular formula is C12H20N2O3S2. The summed E-state index contributed by atoms with van der Waals surface area (Å²) in [6.45, 7) is 4.14. The van der Waals surface area contributed by atoms with Gasteiger partial charge >= 0.3 is 0 Å². The highest BCUT2D eigenvalue weighted by atomic mass is 32.2. The van der Waals surface area contributed by atoms with E-state index in [-0.39, 0.29) is 16.8 Å².